The summed E-state index contributed by atoms with van der Waals surface area (Å²) >= 11 is 0. The van der Waals surface area contributed by atoms with Crippen LogP contribution in [0.25, 0.3) is 0 Å². The van der Waals surface area contributed by atoms with Crippen LogP contribution >= 0.6 is 12.4 Å². The van der Waals surface area contributed by atoms with E-state index in [1.807, 2.05) is 6.92 Å². The van der Waals surface area contributed by atoms with E-state index in [0.717, 1.165) is 6.42 Å². The summed E-state index contributed by atoms with van der Waals surface area (Å²) in [4.78, 5) is 11.1. The van der Waals surface area contributed by atoms with Gasteiger partial charge in [-0.2, -0.15) is 0 Å². The molecule has 0 atom stereocenters. The number of hydrogen-bond donors (Lipinski definition) is 3. The second-order valence-electron chi connectivity index (χ2n) is 4.10. The van der Waals surface area contributed by atoms with Crippen molar-refractivity contribution in [3.63, 3.8) is 0 Å². The molecular weight excluding hydrogens is 302 g/mol. The largest absolute Gasteiger partial charge is 0.325 e. The molecular formula is C12H20ClN3O3S. The molecule has 8 heteroatoms. The lowest BCUT2D eigenvalue weighted by molar-refractivity contribution is -0.114. The molecule has 1 aromatic rings. The predicted molar refractivity (Wildman–Crippen MR) is 83.7 cm³/mol. The minimum Gasteiger partial charge on any atom is -0.325 e. The lowest BCUT2D eigenvalue weighted by Crippen LogP contribution is -2.21. The number of nitrogens with one attached hydrogen (secondary N) is 2. The third kappa shape index (κ3) is 6.74. The molecule has 0 saturated heterocycles. The summed E-state index contributed by atoms with van der Waals surface area (Å²) in [6, 6.07) is 6.42. The number of nitrogens with two attached hydrogens (primary N) is 1. The molecule has 0 aromatic heterocycles. The third-order valence-electron chi connectivity index (χ3n) is 2.39. The Bertz CT molecular complexity index is 517. The number of sulfonamides is 1. The van der Waals surface area contributed by atoms with Crippen LogP contribution in [-0.2, 0) is 14.8 Å². The van der Waals surface area contributed by atoms with Crippen LogP contribution in [0.1, 0.15) is 19.8 Å². The van der Waals surface area contributed by atoms with E-state index in [9.17, 15) is 13.2 Å². The number of hydrogen-bond acceptors (Lipinski definition) is 4. The molecule has 114 valence electrons. The molecule has 1 amide bonds. The van der Waals surface area contributed by atoms with Gasteiger partial charge in [0.2, 0.25) is 15.9 Å². The molecule has 0 aliphatic carbocycles. The molecule has 1 aromatic carbocycles. The predicted octanol–water partition coefficient (Wildman–Crippen LogP) is 1.55. The van der Waals surface area contributed by atoms with Gasteiger partial charge in [0.05, 0.1) is 12.3 Å². The van der Waals surface area contributed by atoms with Gasteiger partial charge in [0, 0.05) is 11.4 Å². The van der Waals surface area contributed by atoms with Crippen molar-refractivity contribution >= 4 is 39.7 Å². The second kappa shape index (κ2) is 8.78. The summed E-state index contributed by atoms with van der Waals surface area (Å²) in [6.45, 7) is 1.84. The van der Waals surface area contributed by atoms with E-state index in [4.69, 9.17) is 5.73 Å². The first-order chi connectivity index (χ1) is 8.96. The van der Waals surface area contributed by atoms with Crippen LogP contribution in [0.4, 0.5) is 11.4 Å². The van der Waals surface area contributed by atoms with Crippen molar-refractivity contribution in [1.29, 1.82) is 0 Å². The van der Waals surface area contributed by atoms with Gasteiger partial charge in [0.1, 0.15) is 0 Å². The Hall–Kier alpha value is -1.31. The lowest BCUT2D eigenvalue weighted by atomic mass is 10.3. The maximum atomic E-state index is 11.7. The van der Waals surface area contributed by atoms with Crippen LogP contribution in [0.15, 0.2) is 24.3 Å². The average Bonchev–Trinajstić information content (AvgIpc) is 2.38. The van der Waals surface area contributed by atoms with E-state index in [2.05, 4.69) is 10.0 Å². The number of carbonyl (C=O) groups is 1. The van der Waals surface area contributed by atoms with E-state index >= 15 is 0 Å². The van der Waals surface area contributed by atoms with Crippen molar-refractivity contribution in [2.45, 2.75) is 19.8 Å². The molecule has 0 bridgehead atoms. The zero-order valence-electron chi connectivity index (χ0n) is 11.3. The fourth-order valence-corrected chi connectivity index (χ4v) is 2.66. The molecule has 0 radical (unpaired) electrons. The highest BCUT2D eigenvalue weighted by Gasteiger charge is 2.09. The van der Waals surface area contributed by atoms with Gasteiger partial charge >= 0.3 is 0 Å². The van der Waals surface area contributed by atoms with Crippen molar-refractivity contribution in [2.24, 2.45) is 5.73 Å². The highest BCUT2D eigenvalue weighted by molar-refractivity contribution is 7.92. The van der Waals surface area contributed by atoms with E-state index < -0.39 is 10.0 Å². The van der Waals surface area contributed by atoms with Crippen molar-refractivity contribution < 1.29 is 13.2 Å². The molecule has 0 fully saturated rings. The fraction of sp³-hybridized carbons (Fsp3) is 0.417. The van der Waals surface area contributed by atoms with Gasteiger partial charge in [-0.05, 0) is 30.7 Å². The topological polar surface area (TPSA) is 101 Å². The van der Waals surface area contributed by atoms with E-state index in [-0.39, 0.29) is 30.6 Å². The molecule has 20 heavy (non-hydrogen) atoms. The van der Waals surface area contributed by atoms with Crippen LogP contribution in [0, 0.1) is 0 Å². The Morgan fingerprint density at radius 2 is 1.75 bits per heavy atom. The fourth-order valence-electron chi connectivity index (χ4n) is 1.40. The molecule has 0 unspecified atom stereocenters. The molecule has 4 N–H and O–H groups in total. The molecule has 0 saturated carbocycles. The SMILES string of the molecule is CCCCS(=O)(=O)Nc1ccc(NC(=O)CN)cc1.Cl. The Labute approximate surface area is 125 Å². The van der Waals surface area contributed by atoms with Crippen LogP contribution in [-0.4, -0.2) is 26.6 Å². The van der Waals surface area contributed by atoms with Crippen molar-refractivity contribution in [3.05, 3.63) is 24.3 Å². The normalized spacial score (nSPS) is 10.5. The Kier molecular flexibility index (Phi) is 8.21. The van der Waals surface area contributed by atoms with Crippen molar-refractivity contribution in [2.75, 3.05) is 22.3 Å². The van der Waals surface area contributed by atoms with Crippen LogP contribution in [0.3, 0.4) is 0 Å². The Morgan fingerprint density at radius 3 is 2.25 bits per heavy atom. The minimum atomic E-state index is -3.29. The number of halogens is 1. The minimum absolute atomic E-state index is 0. The lowest BCUT2D eigenvalue weighted by Gasteiger charge is -2.08. The first-order valence-corrected chi connectivity index (χ1v) is 7.72. The molecule has 1 rings (SSSR count). The second-order valence-corrected chi connectivity index (χ2v) is 5.95. The monoisotopic (exact) mass is 321 g/mol. The number of rotatable bonds is 7. The van der Waals surface area contributed by atoms with Gasteiger partial charge in [-0.3, -0.25) is 9.52 Å². The van der Waals surface area contributed by atoms with Gasteiger partial charge in [-0.15, -0.1) is 12.4 Å². The van der Waals surface area contributed by atoms with Crippen LogP contribution in [0.5, 0.6) is 0 Å². The summed E-state index contributed by atoms with van der Waals surface area (Å²) in [5.41, 5.74) is 6.23. The summed E-state index contributed by atoms with van der Waals surface area (Å²) in [6.07, 6.45) is 1.45. The number of anilines is 2. The number of carbonyl (C=O) groups excluding carboxylic acids is 1. The standard InChI is InChI=1S/C12H19N3O3S.ClH/c1-2-3-8-19(17,18)15-11-6-4-10(5-7-11)14-12(16)9-13;/h4-7,15H,2-3,8-9,13H2,1H3,(H,14,16);1H. The van der Waals surface area contributed by atoms with E-state index in [0.29, 0.717) is 17.8 Å². The van der Waals surface area contributed by atoms with Gasteiger partial charge in [0.25, 0.3) is 0 Å². The van der Waals surface area contributed by atoms with Crippen molar-refractivity contribution in [1.82, 2.24) is 0 Å². The van der Waals surface area contributed by atoms with Gasteiger partial charge in [-0.1, -0.05) is 13.3 Å². The first-order valence-electron chi connectivity index (χ1n) is 6.07. The zero-order chi connectivity index (χ0) is 14.3. The summed E-state index contributed by atoms with van der Waals surface area (Å²) in [5, 5.41) is 2.57. The maximum Gasteiger partial charge on any atom is 0.238 e. The van der Waals surface area contributed by atoms with Gasteiger partial charge in [-0.25, -0.2) is 8.42 Å². The number of unbranched alkanes of at least 4 members (excludes halogenated alkanes) is 1. The summed E-state index contributed by atoms with van der Waals surface area (Å²) in [5.74, 6) is -0.189. The van der Waals surface area contributed by atoms with Gasteiger partial charge in [0.15, 0.2) is 0 Å². The van der Waals surface area contributed by atoms with Crippen LogP contribution < -0.4 is 15.8 Å². The smallest absolute Gasteiger partial charge is 0.238 e. The molecule has 0 aliphatic heterocycles. The number of amides is 1. The molecule has 0 heterocycles. The summed E-state index contributed by atoms with van der Waals surface area (Å²) in [7, 11) is -3.29. The maximum absolute atomic E-state index is 11.7. The van der Waals surface area contributed by atoms with E-state index in [1.54, 1.807) is 24.3 Å². The van der Waals surface area contributed by atoms with E-state index in [1.165, 1.54) is 0 Å². The Morgan fingerprint density at radius 1 is 1.20 bits per heavy atom. The third-order valence-corrected chi connectivity index (χ3v) is 3.77. The molecule has 6 nitrogen and oxygen atoms in total. The summed E-state index contributed by atoms with van der Waals surface area (Å²) < 4.78 is 25.8. The average molecular weight is 322 g/mol. The van der Waals surface area contributed by atoms with Crippen LogP contribution in [0.2, 0.25) is 0 Å². The quantitative estimate of drug-likeness (QED) is 0.709. The van der Waals surface area contributed by atoms with Gasteiger partial charge < -0.3 is 11.1 Å². The highest BCUT2D eigenvalue weighted by Crippen LogP contribution is 2.15. The zero-order valence-corrected chi connectivity index (χ0v) is 12.9. The number of benzene rings is 1. The highest BCUT2D eigenvalue weighted by atomic mass is 35.5. The Balaban J connectivity index is 0.00000361. The molecule has 0 spiro atoms. The molecule has 0 aliphatic rings. The first kappa shape index (κ1) is 18.7. The van der Waals surface area contributed by atoms with Crippen molar-refractivity contribution in [3.8, 4) is 0 Å².